The minimum Gasteiger partial charge on any atom is -0.289 e. The van der Waals surface area contributed by atoms with Crippen molar-refractivity contribution in [1.82, 2.24) is 14.4 Å². The van der Waals surface area contributed by atoms with Gasteiger partial charge in [-0.25, -0.2) is 14.4 Å². The molecule has 4 aromatic rings. The Morgan fingerprint density at radius 3 is 2.33 bits per heavy atom. The standard InChI is InChI=1S/C20H18FN3/c1-11-7-5-6-8-16(11)20-23-14(4)19-13(3)22-18-12(2)9-15(21)10-17(18)24(19)20/h5-10H,1-4H3. The molecule has 24 heavy (non-hydrogen) atoms. The first kappa shape index (κ1) is 14.8. The van der Waals surface area contributed by atoms with E-state index in [2.05, 4.69) is 19.1 Å². The van der Waals surface area contributed by atoms with E-state index in [1.807, 2.05) is 37.3 Å². The van der Waals surface area contributed by atoms with Crippen LogP contribution in [0.25, 0.3) is 27.9 Å². The largest absolute Gasteiger partial charge is 0.289 e. The minimum atomic E-state index is -0.256. The fourth-order valence-electron chi connectivity index (χ4n) is 3.45. The Kier molecular flexibility index (Phi) is 3.17. The molecule has 0 unspecified atom stereocenters. The highest BCUT2D eigenvalue weighted by Crippen LogP contribution is 2.31. The number of hydrogen-bond donors (Lipinski definition) is 0. The number of halogens is 1. The molecule has 0 saturated heterocycles. The summed E-state index contributed by atoms with van der Waals surface area (Å²) in [5.74, 6) is 0.579. The fraction of sp³-hybridized carbons (Fsp3) is 0.200. The summed E-state index contributed by atoms with van der Waals surface area (Å²) in [6.07, 6.45) is 0. The van der Waals surface area contributed by atoms with Crippen molar-refractivity contribution >= 4 is 16.6 Å². The fourth-order valence-corrected chi connectivity index (χ4v) is 3.45. The van der Waals surface area contributed by atoms with Gasteiger partial charge in [-0.1, -0.05) is 24.3 Å². The average molecular weight is 319 g/mol. The van der Waals surface area contributed by atoms with E-state index in [0.717, 1.165) is 50.5 Å². The van der Waals surface area contributed by atoms with Gasteiger partial charge in [-0.2, -0.15) is 0 Å². The Balaban J connectivity index is 2.26. The molecule has 0 atom stereocenters. The lowest BCUT2D eigenvalue weighted by Crippen LogP contribution is -2.00. The number of rotatable bonds is 1. The molecule has 4 rings (SSSR count). The Bertz CT molecular complexity index is 1110. The summed E-state index contributed by atoms with van der Waals surface area (Å²) >= 11 is 0. The molecular formula is C20H18FN3. The monoisotopic (exact) mass is 319 g/mol. The summed E-state index contributed by atoms with van der Waals surface area (Å²) in [4.78, 5) is 9.50. The third kappa shape index (κ3) is 2.03. The van der Waals surface area contributed by atoms with Gasteiger partial charge in [0.2, 0.25) is 0 Å². The smallest absolute Gasteiger partial charge is 0.145 e. The summed E-state index contributed by atoms with van der Waals surface area (Å²) in [6, 6.07) is 11.2. The number of benzene rings is 2. The topological polar surface area (TPSA) is 30.2 Å². The van der Waals surface area contributed by atoms with Gasteiger partial charge in [0, 0.05) is 11.6 Å². The van der Waals surface area contributed by atoms with E-state index in [4.69, 9.17) is 9.97 Å². The number of nitrogens with zero attached hydrogens (tertiary/aromatic N) is 3. The van der Waals surface area contributed by atoms with Gasteiger partial charge in [-0.3, -0.25) is 4.40 Å². The lowest BCUT2D eigenvalue weighted by molar-refractivity contribution is 0.628. The molecular weight excluding hydrogens is 301 g/mol. The van der Waals surface area contributed by atoms with E-state index in [1.54, 1.807) is 6.07 Å². The average Bonchev–Trinajstić information content (AvgIpc) is 2.87. The van der Waals surface area contributed by atoms with Crippen molar-refractivity contribution in [2.24, 2.45) is 0 Å². The third-order valence-electron chi connectivity index (χ3n) is 4.55. The highest BCUT2D eigenvalue weighted by atomic mass is 19.1. The Labute approximate surface area is 139 Å². The van der Waals surface area contributed by atoms with Crippen LogP contribution >= 0.6 is 0 Å². The molecule has 0 aliphatic heterocycles. The predicted octanol–water partition coefficient (Wildman–Crippen LogP) is 4.92. The second kappa shape index (κ2) is 5.13. The third-order valence-corrected chi connectivity index (χ3v) is 4.55. The molecule has 120 valence electrons. The maximum absolute atomic E-state index is 14.1. The zero-order valence-electron chi connectivity index (χ0n) is 14.2. The molecule has 4 heteroatoms. The normalized spacial score (nSPS) is 11.5. The van der Waals surface area contributed by atoms with Crippen molar-refractivity contribution in [2.75, 3.05) is 0 Å². The molecule has 0 radical (unpaired) electrons. The minimum absolute atomic E-state index is 0.256. The van der Waals surface area contributed by atoms with Gasteiger partial charge in [0.15, 0.2) is 0 Å². The van der Waals surface area contributed by atoms with Gasteiger partial charge in [-0.15, -0.1) is 0 Å². The molecule has 0 fully saturated rings. The van der Waals surface area contributed by atoms with Crippen LogP contribution in [-0.2, 0) is 0 Å². The number of imidazole rings is 1. The second-order valence-electron chi connectivity index (χ2n) is 6.31. The van der Waals surface area contributed by atoms with E-state index in [1.165, 1.54) is 6.07 Å². The molecule has 2 aromatic carbocycles. The quantitative estimate of drug-likeness (QED) is 0.498. The first-order valence-electron chi connectivity index (χ1n) is 7.99. The molecule has 0 saturated carbocycles. The van der Waals surface area contributed by atoms with Crippen molar-refractivity contribution in [2.45, 2.75) is 27.7 Å². The molecule has 3 nitrogen and oxygen atoms in total. The Morgan fingerprint density at radius 2 is 1.58 bits per heavy atom. The van der Waals surface area contributed by atoms with Crippen LogP contribution in [0.2, 0.25) is 0 Å². The first-order valence-corrected chi connectivity index (χ1v) is 7.99. The maximum Gasteiger partial charge on any atom is 0.145 e. The highest BCUT2D eigenvalue weighted by molar-refractivity contribution is 5.86. The molecule has 0 N–H and O–H groups in total. The van der Waals surface area contributed by atoms with Crippen molar-refractivity contribution in [3.63, 3.8) is 0 Å². The number of aryl methyl sites for hydroxylation is 4. The molecule has 0 bridgehead atoms. The van der Waals surface area contributed by atoms with E-state index in [0.29, 0.717) is 0 Å². The summed E-state index contributed by atoms with van der Waals surface area (Å²) in [5.41, 5.74) is 7.35. The summed E-state index contributed by atoms with van der Waals surface area (Å²) in [5, 5.41) is 0. The molecule has 2 heterocycles. The van der Waals surface area contributed by atoms with Crippen LogP contribution in [0.3, 0.4) is 0 Å². The van der Waals surface area contributed by atoms with Crippen LogP contribution in [0.4, 0.5) is 4.39 Å². The summed E-state index contributed by atoms with van der Waals surface area (Å²) in [7, 11) is 0. The summed E-state index contributed by atoms with van der Waals surface area (Å²) in [6.45, 7) is 7.91. The van der Waals surface area contributed by atoms with E-state index < -0.39 is 0 Å². The maximum atomic E-state index is 14.1. The van der Waals surface area contributed by atoms with E-state index in [-0.39, 0.29) is 5.82 Å². The van der Waals surface area contributed by atoms with Gasteiger partial charge < -0.3 is 0 Å². The van der Waals surface area contributed by atoms with Crippen molar-refractivity contribution in [3.8, 4) is 11.4 Å². The lowest BCUT2D eigenvalue weighted by Gasteiger charge is -2.11. The highest BCUT2D eigenvalue weighted by Gasteiger charge is 2.18. The van der Waals surface area contributed by atoms with Crippen molar-refractivity contribution < 1.29 is 4.39 Å². The van der Waals surface area contributed by atoms with Crippen LogP contribution in [0.5, 0.6) is 0 Å². The van der Waals surface area contributed by atoms with E-state index in [9.17, 15) is 4.39 Å². The SMILES string of the molecule is Cc1ccccc1-c1nc(C)c2c(C)nc3c(C)cc(F)cc3n12. The van der Waals surface area contributed by atoms with Crippen molar-refractivity contribution in [3.05, 3.63) is 64.7 Å². The molecule has 0 amide bonds. The van der Waals surface area contributed by atoms with Gasteiger partial charge in [-0.05, 0) is 44.9 Å². The molecule has 0 aliphatic carbocycles. The predicted molar refractivity (Wildman–Crippen MR) is 94.8 cm³/mol. The van der Waals surface area contributed by atoms with Crippen LogP contribution in [0, 0.1) is 33.5 Å². The Hall–Kier alpha value is -2.75. The molecule has 2 aromatic heterocycles. The number of aromatic nitrogens is 3. The van der Waals surface area contributed by atoms with Crippen LogP contribution < -0.4 is 0 Å². The van der Waals surface area contributed by atoms with Gasteiger partial charge >= 0.3 is 0 Å². The van der Waals surface area contributed by atoms with Gasteiger partial charge in [0.25, 0.3) is 0 Å². The Morgan fingerprint density at radius 1 is 0.875 bits per heavy atom. The zero-order chi connectivity index (χ0) is 17.0. The number of hydrogen-bond acceptors (Lipinski definition) is 2. The molecule has 0 spiro atoms. The van der Waals surface area contributed by atoms with Gasteiger partial charge in [0.05, 0.1) is 27.9 Å². The van der Waals surface area contributed by atoms with Gasteiger partial charge in [0.1, 0.15) is 11.6 Å². The van der Waals surface area contributed by atoms with Crippen LogP contribution in [0.1, 0.15) is 22.5 Å². The second-order valence-corrected chi connectivity index (χ2v) is 6.31. The van der Waals surface area contributed by atoms with Crippen LogP contribution in [0.15, 0.2) is 36.4 Å². The zero-order valence-corrected chi connectivity index (χ0v) is 14.2. The lowest BCUT2D eigenvalue weighted by atomic mass is 10.1. The summed E-state index contributed by atoms with van der Waals surface area (Å²) < 4.78 is 16.1. The van der Waals surface area contributed by atoms with Crippen molar-refractivity contribution in [1.29, 1.82) is 0 Å². The number of fused-ring (bicyclic) bond motifs is 3. The first-order chi connectivity index (χ1) is 11.5. The van der Waals surface area contributed by atoms with Crippen LogP contribution in [-0.4, -0.2) is 14.4 Å². The van der Waals surface area contributed by atoms with E-state index >= 15 is 0 Å². The molecule has 0 aliphatic rings.